The fourth-order valence-corrected chi connectivity index (χ4v) is 4.57. The Morgan fingerprint density at radius 2 is 1.97 bits per heavy atom. The van der Waals surface area contributed by atoms with E-state index in [0.29, 0.717) is 25.1 Å². The van der Waals surface area contributed by atoms with Crippen molar-refractivity contribution in [3.05, 3.63) is 53.4 Å². The predicted octanol–water partition coefficient (Wildman–Crippen LogP) is 3.08. The second-order valence-corrected chi connectivity index (χ2v) is 8.61. The van der Waals surface area contributed by atoms with Crippen molar-refractivity contribution in [1.82, 2.24) is 15.4 Å². The highest BCUT2D eigenvalue weighted by Gasteiger charge is 2.40. The number of nitrogens with zero attached hydrogens (tertiary/aromatic N) is 2. The number of aromatic nitrogens is 1. The molecule has 2 N–H and O–H groups in total. The summed E-state index contributed by atoms with van der Waals surface area (Å²) in [5.74, 6) is 0.376. The van der Waals surface area contributed by atoms with E-state index in [-0.39, 0.29) is 29.0 Å². The van der Waals surface area contributed by atoms with Crippen LogP contribution < -0.4 is 5.32 Å². The fourth-order valence-electron chi connectivity index (χ4n) is 4.57. The number of likely N-dealkylation sites (N-methyl/N-ethyl adjacent to an activating group) is 1. The molecule has 1 heterocycles. The molecule has 0 aliphatic heterocycles. The standard InChI is InChI=1S/C24H33N3O4/c1-4-8-19-15-20(26-31-19)23(30)27(3)21-11-13-24(14-12-22(21)29,16-25-17(2)28)18-9-6-5-7-10-18/h5-7,9-10,15,21-22,29H,4,8,11-14,16H2,1-3H3,(H,25,28)/t21-,22-,24-/m1/s1. The average Bonchev–Trinajstić information content (AvgIpc) is 3.16. The lowest BCUT2D eigenvalue weighted by Gasteiger charge is -2.34. The van der Waals surface area contributed by atoms with E-state index in [0.717, 1.165) is 31.2 Å². The normalized spacial score (nSPS) is 23.7. The van der Waals surface area contributed by atoms with Gasteiger partial charge in [-0.25, -0.2) is 0 Å². The van der Waals surface area contributed by atoms with Crippen LogP contribution in [0.1, 0.15) is 67.8 Å². The minimum atomic E-state index is -0.654. The molecule has 2 amide bonds. The molecule has 1 aromatic heterocycles. The van der Waals surface area contributed by atoms with Crippen LogP contribution in [0.25, 0.3) is 0 Å². The third-order valence-electron chi connectivity index (χ3n) is 6.44. The first kappa shape index (κ1) is 23.0. The van der Waals surface area contributed by atoms with Gasteiger partial charge in [-0.05, 0) is 37.7 Å². The van der Waals surface area contributed by atoms with Crippen molar-refractivity contribution in [2.45, 2.75) is 69.9 Å². The first-order chi connectivity index (χ1) is 14.9. The molecule has 7 heteroatoms. The van der Waals surface area contributed by atoms with Gasteiger partial charge in [0, 0.05) is 38.4 Å². The number of carbonyl (C=O) groups excluding carboxylic acids is 2. The van der Waals surface area contributed by atoms with Crippen molar-refractivity contribution < 1.29 is 19.2 Å². The smallest absolute Gasteiger partial charge is 0.276 e. The van der Waals surface area contributed by atoms with Crippen LogP contribution in [-0.4, -0.2) is 52.7 Å². The topological polar surface area (TPSA) is 95.7 Å². The molecule has 0 spiro atoms. The minimum Gasteiger partial charge on any atom is -0.391 e. The minimum absolute atomic E-state index is 0.0714. The van der Waals surface area contributed by atoms with Crippen molar-refractivity contribution in [2.75, 3.05) is 13.6 Å². The van der Waals surface area contributed by atoms with E-state index in [9.17, 15) is 14.7 Å². The van der Waals surface area contributed by atoms with Crippen molar-refractivity contribution in [3.63, 3.8) is 0 Å². The summed E-state index contributed by atoms with van der Waals surface area (Å²) in [7, 11) is 1.72. The van der Waals surface area contributed by atoms with Gasteiger partial charge >= 0.3 is 0 Å². The summed E-state index contributed by atoms with van der Waals surface area (Å²) in [6, 6.07) is 11.5. The molecule has 1 saturated carbocycles. The van der Waals surface area contributed by atoms with E-state index >= 15 is 0 Å². The number of carbonyl (C=O) groups is 2. The van der Waals surface area contributed by atoms with E-state index in [1.807, 2.05) is 25.1 Å². The lowest BCUT2D eigenvalue weighted by atomic mass is 9.74. The van der Waals surface area contributed by atoms with Crippen LogP contribution in [0.4, 0.5) is 0 Å². The number of aryl methyl sites for hydroxylation is 1. The van der Waals surface area contributed by atoms with Crippen LogP contribution in [0.3, 0.4) is 0 Å². The molecule has 0 saturated heterocycles. The Labute approximate surface area is 183 Å². The van der Waals surface area contributed by atoms with Gasteiger partial charge in [0.05, 0.1) is 12.1 Å². The summed E-state index contributed by atoms with van der Waals surface area (Å²) >= 11 is 0. The van der Waals surface area contributed by atoms with Gasteiger partial charge in [0.25, 0.3) is 5.91 Å². The van der Waals surface area contributed by atoms with Gasteiger partial charge in [-0.3, -0.25) is 9.59 Å². The summed E-state index contributed by atoms with van der Waals surface area (Å²) < 4.78 is 5.26. The molecular weight excluding hydrogens is 394 g/mol. The summed E-state index contributed by atoms with van der Waals surface area (Å²) in [5, 5.41) is 17.8. The number of nitrogens with one attached hydrogen (secondary N) is 1. The zero-order chi connectivity index (χ0) is 22.4. The van der Waals surface area contributed by atoms with E-state index in [2.05, 4.69) is 22.6 Å². The Bertz CT molecular complexity index is 882. The molecule has 0 radical (unpaired) electrons. The number of benzene rings is 1. The summed E-state index contributed by atoms with van der Waals surface area (Å²) in [6.45, 7) is 4.06. The third kappa shape index (κ3) is 5.34. The van der Waals surface area contributed by atoms with E-state index < -0.39 is 6.10 Å². The molecular formula is C24H33N3O4. The summed E-state index contributed by atoms with van der Waals surface area (Å²) in [5.41, 5.74) is 1.13. The Morgan fingerprint density at radius 1 is 1.26 bits per heavy atom. The van der Waals surface area contributed by atoms with Gasteiger partial charge in [-0.2, -0.15) is 0 Å². The lowest BCUT2D eigenvalue weighted by molar-refractivity contribution is -0.119. The largest absolute Gasteiger partial charge is 0.391 e. The predicted molar refractivity (Wildman–Crippen MR) is 118 cm³/mol. The number of amides is 2. The maximum Gasteiger partial charge on any atom is 0.276 e. The molecule has 3 atom stereocenters. The van der Waals surface area contributed by atoms with Crippen LogP contribution in [0.15, 0.2) is 40.9 Å². The van der Waals surface area contributed by atoms with Gasteiger partial charge in [-0.15, -0.1) is 0 Å². The van der Waals surface area contributed by atoms with Crippen molar-refractivity contribution in [2.24, 2.45) is 0 Å². The van der Waals surface area contributed by atoms with Crippen LogP contribution in [0, 0.1) is 0 Å². The Kier molecular flexibility index (Phi) is 7.49. The van der Waals surface area contributed by atoms with Crippen LogP contribution in [-0.2, 0) is 16.6 Å². The van der Waals surface area contributed by atoms with Gasteiger partial charge in [-0.1, -0.05) is 42.4 Å². The first-order valence-corrected chi connectivity index (χ1v) is 11.1. The quantitative estimate of drug-likeness (QED) is 0.662. The van der Waals surface area contributed by atoms with Gasteiger partial charge in [0.2, 0.25) is 5.91 Å². The SMILES string of the molecule is CCCc1cc(C(=O)N(C)[C@@H]2CC[C@@](CNC(C)=O)(c3ccccc3)CC[C@H]2O)no1. The number of hydrogen-bond acceptors (Lipinski definition) is 5. The molecule has 31 heavy (non-hydrogen) atoms. The molecule has 7 nitrogen and oxygen atoms in total. The highest BCUT2D eigenvalue weighted by molar-refractivity contribution is 5.92. The molecule has 1 aliphatic rings. The molecule has 1 aromatic carbocycles. The van der Waals surface area contributed by atoms with Crippen molar-refractivity contribution in [3.8, 4) is 0 Å². The summed E-state index contributed by atoms with van der Waals surface area (Å²) in [6.07, 6.45) is 3.62. The van der Waals surface area contributed by atoms with Gasteiger partial charge in [0.15, 0.2) is 5.69 Å². The monoisotopic (exact) mass is 427 g/mol. The van der Waals surface area contributed by atoms with Crippen molar-refractivity contribution >= 4 is 11.8 Å². The summed E-state index contributed by atoms with van der Waals surface area (Å²) in [4.78, 5) is 26.2. The molecule has 0 bridgehead atoms. The first-order valence-electron chi connectivity index (χ1n) is 11.1. The fraction of sp³-hybridized carbons (Fsp3) is 0.542. The van der Waals surface area contributed by atoms with Gasteiger partial charge < -0.3 is 19.8 Å². The second-order valence-electron chi connectivity index (χ2n) is 8.61. The van der Waals surface area contributed by atoms with E-state index in [1.54, 1.807) is 18.0 Å². The Morgan fingerprint density at radius 3 is 2.65 bits per heavy atom. The van der Waals surface area contributed by atoms with Crippen LogP contribution in [0.5, 0.6) is 0 Å². The second kappa shape index (κ2) is 10.1. The zero-order valence-electron chi connectivity index (χ0n) is 18.6. The van der Waals surface area contributed by atoms with Crippen LogP contribution in [0.2, 0.25) is 0 Å². The Balaban J connectivity index is 1.79. The Hall–Kier alpha value is -2.67. The average molecular weight is 428 g/mol. The number of aliphatic hydroxyl groups is 1. The number of rotatable bonds is 7. The molecule has 3 rings (SSSR count). The van der Waals surface area contributed by atoms with Crippen molar-refractivity contribution in [1.29, 1.82) is 0 Å². The number of aliphatic hydroxyl groups excluding tert-OH is 1. The molecule has 1 aliphatic carbocycles. The highest BCUT2D eigenvalue weighted by Crippen LogP contribution is 2.39. The molecule has 1 fully saturated rings. The zero-order valence-corrected chi connectivity index (χ0v) is 18.6. The van der Waals surface area contributed by atoms with Crippen LogP contribution >= 0.6 is 0 Å². The maximum absolute atomic E-state index is 13.0. The number of hydrogen-bond donors (Lipinski definition) is 2. The van der Waals surface area contributed by atoms with E-state index in [4.69, 9.17) is 4.52 Å². The lowest BCUT2D eigenvalue weighted by Crippen LogP contribution is -2.44. The highest BCUT2D eigenvalue weighted by atomic mass is 16.5. The molecule has 2 aromatic rings. The molecule has 0 unspecified atom stereocenters. The maximum atomic E-state index is 13.0. The van der Waals surface area contributed by atoms with E-state index in [1.165, 1.54) is 6.92 Å². The third-order valence-corrected chi connectivity index (χ3v) is 6.44. The molecule has 168 valence electrons. The van der Waals surface area contributed by atoms with Gasteiger partial charge in [0.1, 0.15) is 5.76 Å².